The summed E-state index contributed by atoms with van der Waals surface area (Å²) in [5.41, 5.74) is 1.46. The minimum Gasteiger partial charge on any atom is -0.298 e. The van der Waals surface area contributed by atoms with Crippen molar-refractivity contribution in [3.63, 3.8) is 0 Å². The van der Waals surface area contributed by atoms with Crippen LogP contribution in [0.2, 0.25) is 0 Å². The van der Waals surface area contributed by atoms with Gasteiger partial charge in [0.2, 0.25) is 10.0 Å². The van der Waals surface area contributed by atoms with Crippen molar-refractivity contribution in [3.8, 4) is 0 Å². The number of nitrogens with two attached hydrogens (primary N) is 1. The SMILES string of the molecule is CC(=O)c1ccc(C(=O)Nc2nc3ccc(S(N)(=O)=O)cc3s2)cc1. The molecule has 1 amide bonds. The molecule has 9 heteroatoms. The number of hydrogen-bond acceptors (Lipinski definition) is 6. The molecule has 2 aromatic carbocycles. The van der Waals surface area contributed by atoms with Crippen molar-refractivity contribution < 1.29 is 18.0 Å². The highest BCUT2D eigenvalue weighted by molar-refractivity contribution is 7.89. The van der Waals surface area contributed by atoms with E-state index in [4.69, 9.17) is 5.14 Å². The van der Waals surface area contributed by atoms with E-state index in [0.717, 1.165) is 11.3 Å². The molecule has 1 aromatic heterocycles. The lowest BCUT2D eigenvalue weighted by atomic mass is 10.1. The Morgan fingerprint density at radius 2 is 1.72 bits per heavy atom. The van der Waals surface area contributed by atoms with Crippen molar-refractivity contribution in [3.05, 3.63) is 53.6 Å². The van der Waals surface area contributed by atoms with Crippen LogP contribution in [-0.2, 0) is 10.0 Å². The van der Waals surface area contributed by atoms with Crippen LogP contribution in [0.25, 0.3) is 10.2 Å². The predicted molar refractivity (Wildman–Crippen MR) is 95.4 cm³/mol. The first kappa shape index (κ1) is 17.2. The van der Waals surface area contributed by atoms with Crippen molar-refractivity contribution in [1.82, 2.24) is 4.98 Å². The summed E-state index contributed by atoms with van der Waals surface area (Å²) >= 11 is 1.14. The third kappa shape index (κ3) is 3.73. The van der Waals surface area contributed by atoms with E-state index in [9.17, 15) is 18.0 Å². The number of Topliss-reactive ketones (excluding diaryl/α,β-unsaturated/α-hetero) is 1. The Morgan fingerprint density at radius 3 is 2.32 bits per heavy atom. The number of sulfonamides is 1. The summed E-state index contributed by atoms with van der Waals surface area (Å²) in [6.45, 7) is 1.45. The topological polar surface area (TPSA) is 119 Å². The number of rotatable bonds is 4. The Hall–Kier alpha value is -2.62. The minimum absolute atomic E-state index is 0.0126. The van der Waals surface area contributed by atoms with Gasteiger partial charge in [0.25, 0.3) is 5.91 Å². The lowest BCUT2D eigenvalue weighted by molar-refractivity contribution is 0.100. The second-order valence-corrected chi connectivity index (χ2v) is 7.87. The Labute approximate surface area is 147 Å². The van der Waals surface area contributed by atoms with E-state index in [2.05, 4.69) is 10.3 Å². The van der Waals surface area contributed by atoms with E-state index < -0.39 is 10.0 Å². The number of thiazole rings is 1. The quantitative estimate of drug-likeness (QED) is 0.679. The third-order valence-electron chi connectivity index (χ3n) is 3.46. The van der Waals surface area contributed by atoms with Gasteiger partial charge in [0.1, 0.15) is 0 Å². The van der Waals surface area contributed by atoms with Gasteiger partial charge in [0, 0.05) is 11.1 Å². The maximum Gasteiger partial charge on any atom is 0.257 e. The molecule has 3 aromatic rings. The van der Waals surface area contributed by atoms with E-state index in [1.54, 1.807) is 24.3 Å². The smallest absolute Gasteiger partial charge is 0.257 e. The largest absolute Gasteiger partial charge is 0.298 e. The number of carbonyl (C=O) groups is 2. The van der Waals surface area contributed by atoms with Crippen LogP contribution in [0.5, 0.6) is 0 Å². The van der Waals surface area contributed by atoms with Crippen LogP contribution in [0, 0.1) is 0 Å². The highest BCUT2D eigenvalue weighted by Crippen LogP contribution is 2.28. The molecule has 0 radical (unpaired) electrons. The van der Waals surface area contributed by atoms with Gasteiger partial charge in [-0.1, -0.05) is 23.5 Å². The zero-order valence-electron chi connectivity index (χ0n) is 13.0. The zero-order chi connectivity index (χ0) is 18.2. The molecule has 0 saturated carbocycles. The molecule has 0 spiro atoms. The van der Waals surface area contributed by atoms with Gasteiger partial charge in [0.15, 0.2) is 10.9 Å². The second kappa shape index (κ2) is 6.36. The fourth-order valence-electron chi connectivity index (χ4n) is 2.16. The molecule has 25 heavy (non-hydrogen) atoms. The zero-order valence-corrected chi connectivity index (χ0v) is 14.6. The van der Waals surface area contributed by atoms with Crippen LogP contribution in [0.4, 0.5) is 5.13 Å². The fraction of sp³-hybridized carbons (Fsp3) is 0.0625. The average Bonchev–Trinajstić information content (AvgIpc) is 2.95. The predicted octanol–water partition coefficient (Wildman–Crippen LogP) is 2.40. The highest BCUT2D eigenvalue weighted by Gasteiger charge is 2.13. The number of anilines is 1. The molecule has 0 aliphatic rings. The highest BCUT2D eigenvalue weighted by atomic mass is 32.2. The third-order valence-corrected chi connectivity index (χ3v) is 5.31. The number of fused-ring (bicyclic) bond motifs is 1. The van der Waals surface area contributed by atoms with Crippen molar-refractivity contribution >= 4 is 48.4 Å². The van der Waals surface area contributed by atoms with Crippen molar-refractivity contribution in [2.24, 2.45) is 5.14 Å². The molecule has 3 rings (SSSR count). The molecular formula is C16H13N3O4S2. The van der Waals surface area contributed by atoms with Crippen LogP contribution in [0.3, 0.4) is 0 Å². The molecule has 0 atom stereocenters. The summed E-state index contributed by atoms with van der Waals surface area (Å²) in [5.74, 6) is -0.454. The first-order valence-corrected chi connectivity index (χ1v) is 9.46. The number of carbonyl (C=O) groups excluding carboxylic acids is 2. The summed E-state index contributed by atoms with van der Waals surface area (Å²) in [7, 11) is -3.80. The van der Waals surface area contributed by atoms with Crippen molar-refractivity contribution in [1.29, 1.82) is 0 Å². The standard InChI is InChI=1S/C16H13N3O4S2/c1-9(20)10-2-4-11(5-3-10)15(21)19-16-18-13-7-6-12(25(17,22)23)8-14(13)24-16/h2-8H,1H3,(H2,17,22,23)(H,18,19,21). The van der Waals surface area contributed by atoms with Gasteiger partial charge in [-0.2, -0.15) is 0 Å². The Kier molecular flexibility index (Phi) is 4.38. The summed E-state index contributed by atoms with van der Waals surface area (Å²) in [6.07, 6.45) is 0. The summed E-state index contributed by atoms with van der Waals surface area (Å²) in [6, 6.07) is 10.6. The van der Waals surface area contributed by atoms with Gasteiger partial charge in [-0.25, -0.2) is 18.5 Å². The summed E-state index contributed by atoms with van der Waals surface area (Å²) in [4.78, 5) is 27.7. The van der Waals surface area contributed by atoms with Gasteiger partial charge in [-0.3, -0.25) is 14.9 Å². The number of benzene rings is 2. The number of primary sulfonamides is 1. The molecule has 0 fully saturated rings. The normalized spacial score (nSPS) is 11.4. The number of aromatic nitrogens is 1. The first-order chi connectivity index (χ1) is 11.7. The van der Waals surface area contributed by atoms with E-state index in [0.29, 0.717) is 26.5 Å². The van der Waals surface area contributed by atoms with Gasteiger partial charge >= 0.3 is 0 Å². The van der Waals surface area contributed by atoms with Gasteiger partial charge in [-0.05, 0) is 37.3 Å². The van der Waals surface area contributed by atoms with Crippen LogP contribution >= 0.6 is 11.3 Å². The molecule has 0 saturated heterocycles. The molecule has 0 aliphatic heterocycles. The monoisotopic (exact) mass is 375 g/mol. The molecule has 3 N–H and O–H groups in total. The van der Waals surface area contributed by atoms with Crippen molar-refractivity contribution in [2.75, 3.05) is 5.32 Å². The number of nitrogens with one attached hydrogen (secondary N) is 1. The maximum atomic E-state index is 12.3. The molecule has 0 unspecified atom stereocenters. The lowest BCUT2D eigenvalue weighted by Gasteiger charge is -2.02. The molecule has 7 nitrogen and oxygen atoms in total. The van der Waals surface area contributed by atoms with Gasteiger partial charge in [0.05, 0.1) is 15.1 Å². The van der Waals surface area contributed by atoms with Gasteiger partial charge in [-0.15, -0.1) is 0 Å². The molecular weight excluding hydrogens is 362 g/mol. The number of ketones is 1. The fourth-order valence-corrected chi connectivity index (χ4v) is 3.68. The molecule has 0 aliphatic carbocycles. The van der Waals surface area contributed by atoms with Crippen LogP contribution < -0.4 is 10.5 Å². The number of hydrogen-bond donors (Lipinski definition) is 2. The maximum absolute atomic E-state index is 12.3. The van der Waals surface area contributed by atoms with E-state index in [-0.39, 0.29) is 16.6 Å². The van der Waals surface area contributed by atoms with E-state index >= 15 is 0 Å². The van der Waals surface area contributed by atoms with Crippen LogP contribution in [0.15, 0.2) is 47.4 Å². The number of amides is 1. The molecule has 128 valence electrons. The average molecular weight is 375 g/mol. The lowest BCUT2D eigenvalue weighted by Crippen LogP contribution is -2.11. The van der Waals surface area contributed by atoms with E-state index in [1.165, 1.54) is 25.1 Å². The Balaban J connectivity index is 1.84. The first-order valence-electron chi connectivity index (χ1n) is 7.10. The van der Waals surface area contributed by atoms with Crippen LogP contribution in [-0.4, -0.2) is 25.1 Å². The second-order valence-electron chi connectivity index (χ2n) is 5.28. The van der Waals surface area contributed by atoms with Crippen molar-refractivity contribution in [2.45, 2.75) is 11.8 Å². The Bertz CT molecular complexity index is 1090. The molecule has 1 heterocycles. The van der Waals surface area contributed by atoms with Crippen LogP contribution in [0.1, 0.15) is 27.6 Å². The Morgan fingerprint density at radius 1 is 1.08 bits per heavy atom. The summed E-state index contributed by atoms with van der Waals surface area (Å²) < 4.78 is 23.4. The number of nitrogens with zero attached hydrogens (tertiary/aromatic N) is 1. The molecule has 0 bridgehead atoms. The minimum atomic E-state index is -3.80. The van der Waals surface area contributed by atoms with Gasteiger partial charge < -0.3 is 0 Å². The summed E-state index contributed by atoms with van der Waals surface area (Å²) in [5, 5.41) is 8.10. The van der Waals surface area contributed by atoms with E-state index in [1.807, 2.05) is 0 Å².